The summed E-state index contributed by atoms with van der Waals surface area (Å²) in [6, 6.07) is 0. The van der Waals surface area contributed by atoms with Crippen molar-refractivity contribution in [2.45, 2.75) is 32.6 Å². The summed E-state index contributed by atoms with van der Waals surface area (Å²) in [5.41, 5.74) is -0.440. The number of carbonyl (C=O) groups is 1. The van der Waals surface area contributed by atoms with Crippen LogP contribution >= 0.6 is 11.6 Å². The van der Waals surface area contributed by atoms with Crippen LogP contribution in [-0.2, 0) is 9.53 Å². The third kappa shape index (κ3) is 3.15. The Morgan fingerprint density at radius 1 is 1.53 bits per heavy atom. The van der Waals surface area contributed by atoms with Crippen LogP contribution in [0.25, 0.3) is 0 Å². The van der Waals surface area contributed by atoms with E-state index < -0.39 is 5.41 Å². The average Bonchev–Trinajstić information content (AvgIpc) is 2.88. The lowest BCUT2D eigenvalue weighted by Crippen LogP contribution is -2.37. The van der Waals surface area contributed by atoms with Crippen LogP contribution in [0.15, 0.2) is 12.5 Å². The van der Waals surface area contributed by atoms with Crippen LogP contribution < -0.4 is 5.32 Å². The minimum atomic E-state index is -0.440. The van der Waals surface area contributed by atoms with E-state index in [2.05, 4.69) is 15.3 Å². The fraction of sp³-hybridized carbons (Fsp3) is 0.615. The molecule has 1 N–H and O–H groups in total. The SMILES string of the molecule is CCOC(=O)C1(CNc2ncncc2Cl)CCCC1. The second kappa shape index (κ2) is 6.19. The highest BCUT2D eigenvalue weighted by molar-refractivity contribution is 6.32. The quantitative estimate of drug-likeness (QED) is 0.842. The number of aromatic nitrogens is 2. The molecule has 0 aromatic carbocycles. The van der Waals surface area contributed by atoms with E-state index in [0.29, 0.717) is 24.0 Å². The van der Waals surface area contributed by atoms with Crippen LogP contribution in [0.1, 0.15) is 32.6 Å². The van der Waals surface area contributed by atoms with E-state index in [1.807, 2.05) is 6.92 Å². The van der Waals surface area contributed by atoms with E-state index in [9.17, 15) is 4.79 Å². The van der Waals surface area contributed by atoms with Crippen molar-refractivity contribution < 1.29 is 9.53 Å². The molecule has 0 radical (unpaired) electrons. The Morgan fingerprint density at radius 3 is 2.89 bits per heavy atom. The highest BCUT2D eigenvalue weighted by atomic mass is 35.5. The number of rotatable bonds is 5. The van der Waals surface area contributed by atoms with Crippen molar-refractivity contribution in [2.75, 3.05) is 18.5 Å². The molecule has 0 bridgehead atoms. The maximum absolute atomic E-state index is 12.1. The molecule has 0 amide bonds. The standard InChI is InChI=1S/C13H18ClN3O2/c1-2-19-12(18)13(5-3-4-6-13)8-16-11-10(14)7-15-9-17-11/h7,9H,2-6,8H2,1H3,(H,15,16,17). The van der Waals surface area contributed by atoms with Gasteiger partial charge >= 0.3 is 5.97 Å². The third-order valence-electron chi connectivity index (χ3n) is 3.53. The van der Waals surface area contributed by atoms with Crippen LogP contribution in [-0.4, -0.2) is 29.1 Å². The van der Waals surface area contributed by atoms with Gasteiger partial charge in [0.15, 0.2) is 0 Å². The smallest absolute Gasteiger partial charge is 0.313 e. The molecule has 1 saturated carbocycles. The zero-order valence-electron chi connectivity index (χ0n) is 11.0. The number of ether oxygens (including phenoxy) is 1. The lowest BCUT2D eigenvalue weighted by atomic mass is 9.86. The van der Waals surface area contributed by atoms with Crippen LogP contribution in [0.5, 0.6) is 0 Å². The maximum Gasteiger partial charge on any atom is 0.313 e. The number of esters is 1. The van der Waals surface area contributed by atoms with Gasteiger partial charge in [-0.1, -0.05) is 24.4 Å². The van der Waals surface area contributed by atoms with Crippen LogP contribution in [0.4, 0.5) is 5.82 Å². The van der Waals surface area contributed by atoms with Crippen molar-refractivity contribution in [2.24, 2.45) is 5.41 Å². The monoisotopic (exact) mass is 283 g/mol. The summed E-state index contributed by atoms with van der Waals surface area (Å²) in [7, 11) is 0. The first-order valence-corrected chi connectivity index (χ1v) is 6.92. The Hall–Kier alpha value is -1.36. The number of halogens is 1. The van der Waals surface area contributed by atoms with E-state index in [4.69, 9.17) is 16.3 Å². The molecule has 6 heteroatoms. The molecular weight excluding hydrogens is 266 g/mol. The number of carbonyl (C=O) groups excluding carboxylic acids is 1. The lowest BCUT2D eigenvalue weighted by molar-refractivity contribution is -0.154. The van der Waals surface area contributed by atoms with E-state index >= 15 is 0 Å². The summed E-state index contributed by atoms with van der Waals surface area (Å²) in [6.45, 7) is 2.74. The molecule has 1 aliphatic rings. The molecule has 5 nitrogen and oxygen atoms in total. The molecule has 2 rings (SSSR count). The van der Waals surface area contributed by atoms with Crippen molar-refractivity contribution in [3.8, 4) is 0 Å². The number of anilines is 1. The van der Waals surface area contributed by atoms with E-state index in [-0.39, 0.29) is 5.97 Å². The molecule has 0 unspecified atom stereocenters. The fourth-order valence-electron chi connectivity index (χ4n) is 2.48. The predicted octanol–water partition coefficient (Wildman–Crippen LogP) is 2.67. The molecule has 0 aliphatic heterocycles. The lowest BCUT2D eigenvalue weighted by Gasteiger charge is -2.26. The van der Waals surface area contributed by atoms with Gasteiger partial charge in [-0.25, -0.2) is 9.97 Å². The fourth-order valence-corrected chi connectivity index (χ4v) is 2.66. The van der Waals surface area contributed by atoms with Crippen LogP contribution in [0, 0.1) is 5.41 Å². The minimum absolute atomic E-state index is 0.120. The van der Waals surface area contributed by atoms with Crippen molar-refractivity contribution in [3.05, 3.63) is 17.5 Å². The van der Waals surface area contributed by atoms with Crippen LogP contribution in [0.3, 0.4) is 0 Å². The van der Waals surface area contributed by atoms with Gasteiger partial charge in [-0.3, -0.25) is 4.79 Å². The predicted molar refractivity (Wildman–Crippen MR) is 73.1 cm³/mol. The first-order chi connectivity index (χ1) is 9.18. The Kier molecular flexibility index (Phi) is 4.58. The summed E-state index contributed by atoms with van der Waals surface area (Å²) in [4.78, 5) is 20.0. The molecule has 1 fully saturated rings. The molecule has 104 valence electrons. The molecule has 1 aliphatic carbocycles. The molecule has 0 spiro atoms. The Balaban J connectivity index is 2.06. The van der Waals surface area contributed by atoms with E-state index in [0.717, 1.165) is 25.7 Å². The average molecular weight is 284 g/mol. The summed E-state index contributed by atoms with van der Waals surface area (Å²) < 4.78 is 5.20. The molecule has 0 atom stereocenters. The zero-order chi connectivity index (χ0) is 13.7. The van der Waals surface area contributed by atoms with Gasteiger partial charge in [0.2, 0.25) is 0 Å². The number of hydrogen-bond donors (Lipinski definition) is 1. The van der Waals surface area contributed by atoms with Gasteiger partial charge in [-0.2, -0.15) is 0 Å². The van der Waals surface area contributed by atoms with Gasteiger partial charge in [0.05, 0.1) is 18.2 Å². The summed E-state index contributed by atoms with van der Waals surface area (Å²) in [5.74, 6) is 0.442. The number of nitrogens with one attached hydrogen (secondary N) is 1. The molecule has 1 aromatic rings. The molecule has 1 aromatic heterocycles. The molecule has 0 saturated heterocycles. The first-order valence-electron chi connectivity index (χ1n) is 6.54. The second-order valence-corrected chi connectivity index (χ2v) is 5.19. The Labute approximate surface area is 117 Å². The van der Waals surface area contributed by atoms with Gasteiger partial charge in [-0.05, 0) is 19.8 Å². The second-order valence-electron chi connectivity index (χ2n) is 4.78. The van der Waals surface area contributed by atoms with Crippen LogP contribution in [0.2, 0.25) is 5.02 Å². The van der Waals surface area contributed by atoms with Crippen molar-refractivity contribution >= 4 is 23.4 Å². The minimum Gasteiger partial charge on any atom is -0.466 e. The molecular formula is C13H18ClN3O2. The van der Waals surface area contributed by atoms with E-state index in [1.165, 1.54) is 12.5 Å². The topological polar surface area (TPSA) is 64.1 Å². The summed E-state index contributed by atoms with van der Waals surface area (Å²) in [5, 5.41) is 3.61. The molecule has 19 heavy (non-hydrogen) atoms. The largest absolute Gasteiger partial charge is 0.466 e. The van der Waals surface area contributed by atoms with Gasteiger partial charge in [0.1, 0.15) is 17.2 Å². The molecule has 1 heterocycles. The zero-order valence-corrected chi connectivity index (χ0v) is 11.7. The number of nitrogens with zero attached hydrogens (tertiary/aromatic N) is 2. The first kappa shape index (κ1) is 14.1. The van der Waals surface area contributed by atoms with Crippen molar-refractivity contribution in [1.82, 2.24) is 9.97 Å². The van der Waals surface area contributed by atoms with Gasteiger partial charge in [-0.15, -0.1) is 0 Å². The Morgan fingerprint density at radius 2 is 2.26 bits per heavy atom. The van der Waals surface area contributed by atoms with Crippen molar-refractivity contribution in [1.29, 1.82) is 0 Å². The van der Waals surface area contributed by atoms with E-state index in [1.54, 1.807) is 0 Å². The van der Waals surface area contributed by atoms with Gasteiger partial charge < -0.3 is 10.1 Å². The summed E-state index contributed by atoms with van der Waals surface area (Å²) >= 11 is 5.99. The van der Waals surface area contributed by atoms with Crippen molar-refractivity contribution in [3.63, 3.8) is 0 Å². The highest BCUT2D eigenvalue weighted by Crippen LogP contribution is 2.39. The summed E-state index contributed by atoms with van der Waals surface area (Å²) in [6.07, 6.45) is 6.77. The highest BCUT2D eigenvalue weighted by Gasteiger charge is 2.42. The number of hydrogen-bond acceptors (Lipinski definition) is 5. The third-order valence-corrected chi connectivity index (χ3v) is 3.81. The Bertz CT molecular complexity index is 447. The normalized spacial score (nSPS) is 17.2. The van der Waals surface area contributed by atoms with Gasteiger partial charge in [0.25, 0.3) is 0 Å². The maximum atomic E-state index is 12.1. The van der Waals surface area contributed by atoms with Gasteiger partial charge in [0, 0.05) is 6.54 Å².